The first-order valence-electron chi connectivity index (χ1n) is 8.21. The zero-order valence-electron chi connectivity index (χ0n) is 14.7. The van der Waals surface area contributed by atoms with E-state index in [0.717, 1.165) is 10.0 Å². The fourth-order valence-corrected chi connectivity index (χ4v) is 4.08. The maximum absolute atomic E-state index is 12.6. The summed E-state index contributed by atoms with van der Waals surface area (Å²) in [5.74, 6) is -0.451. The predicted octanol–water partition coefficient (Wildman–Crippen LogP) is 5.46. The van der Waals surface area contributed by atoms with Crippen molar-refractivity contribution in [2.24, 2.45) is 0 Å². The molecule has 0 aliphatic carbocycles. The summed E-state index contributed by atoms with van der Waals surface area (Å²) in [4.78, 5) is 12.8. The molecule has 3 aromatic carbocycles. The molecule has 0 atom stereocenters. The minimum absolute atomic E-state index is 0.132. The van der Waals surface area contributed by atoms with E-state index in [4.69, 9.17) is 11.6 Å². The van der Waals surface area contributed by atoms with E-state index in [1.54, 1.807) is 30.3 Å². The van der Waals surface area contributed by atoms with E-state index in [9.17, 15) is 13.2 Å². The van der Waals surface area contributed by atoms with Crippen molar-refractivity contribution >= 4 is 54.8 Å². The average molecular weight is 480 g/mol. The third-order valence-corrected chi connectivity index (χ3v) is 6.33. The molecule has 0 fully saturated rings. The molecule has 144 valence electrons. The SMILES string of the molecule is Cc1ccc(S(=O)(=O)Nc2ccc(Cl)c(C(=O)Nc3ccccc3Br)c2)cc1. The van der Waals surface area contributed by atoms with Crippen molar-refractivity contribution in [3.63, 3.8) is 0 Å². The molecule has 5 nitrogen and oxygen atoms in total. The molecule has 0 spiro atoms. The fraction of sp³-hybridized carbons (Fsp3) is 0.0500. The Kier molecular flexibility index (Phi) is 6.07. The highest BCUT2D eigenvalue weighted by atomic mass is 79.9. The zero-order valence-corrected chi connectivity index (χ0v) is 17.9. The van der Waals surface area contributed by atoms with Crippen LogP contribution in [0.2, 0.25) is 5.02 Å². The summed E-state index contributed by atoms with van der Waals surface area (Å²) < 4.78 is 28.3. The Morgan fingerprint density at radius 3 is 2.36 bits per heavy atom. The van der Waals surface area contributed by atoms with Crippen molar-refractivity contribution < 1.29 is 13.2 Å². The van der Waals surface area contributed by atoms with Gasteiger partial charge in [-0.05, 0) is 65.3 Å². The molecule has 8 heteroatoms. The van der Waals surface area contributed by atoms with Gasteiger partial charge in [-0.2, -0.15) is 0 Å². The van der Waals surface area contributed by atoms with Gasteiger partial charge in [-0.1, -0.05) is 41.4 Å². The van der Waals surface area contributed by atoms with Gasteiger partial charge in [0.2, 0.25) is 0 Å². The third-order valence-electron chi connectivity index (χ3n) is 3.92. The Hall–Kier alpha value is -2.35. The van der Waals surface area contributed by atoms with Crippen LogP contribution in [0.1, 0.15) is 15.9 Å². The molecule has 28 heavy (non-hydrogen) atoms. The first kappa shape index (κ1) is 20.4. The second kappa shape index (κ2) is 8.34. The Morgan fingerprint density at radius 2 is 1.68 bits per heavy atom. The smallest absolute Gasteiger partial charge is 0.261 e. The molecule has 3 aromatic rings. The van der Waals surface area contributed by atoms with Crippen LogP contribution in [0.4, 0.5) is 11.4 Å². The lowest BCUT2D eigenvalue weighted by atomic mass is 10.2. The number of hydrogen-bond acceptors (Lipinski definition) is 3. The molecule has 0 saturated heterocycles. The van der Waals surface area contributed by atoms with Crippen LogP contribution >= 0.6 is 27.5 Å². The lowest BCUT2D eigenvalue weighted by molar-refractivity contribution is 0.102. The topological polar surface area (TPSA) is 75.3 Å². The molecule has 0 aliphatic heterocycles. The Morgan fingerprint density at radius 1 is 1.00 bits per heavy atom. The molecule has 0 bridgehead atoms. The first-order chi connectivity index (χ1) is 13.3. The normalized spacial score (nSPS) is 11.1. The van der Waals surface area contributed by atoms with Gasteiger partial charge >= 0.3 is 0 Å². The minimum Gasteiger partial charge on any atom is -0.321 e. The van der Waals surface area contributed by atoms with Crippen molar-refractivity contribution in [1.29, 1.82) is 0 Å². The van der Waals surface area contributed by atoms with E-state index in [1.165, 1.54) is 30.3 Å². The summed E-state index contributed by atoms with van der Waals surface area (Å²) in [5.41, 5.74) is 1.93. The summed E-state index contributed by atoms with van der Waals surface area (Å²) in [7, 11) is -3.78. The predicted molar refractivity (Wildman–Crippen MR) is 116 cm³/mol. The molecule has 0 aromatic heterocycles. The van der Waals surface area contributed by atoms with Gasteiger partial charge in [0.25, 0.3) is 15.9 Å². The number of benzene rings is 3. The second-order valence-corrected chi connectivity index (χ2v) is 8.99. The molecule has 1 amide bonds. The van der Waals surface area contributed by atoms with Crippen molar-refractivity contribution in [2.45, 2.75) is 11.8 Å². The highest BCUT2D eigenvalue weighted by Gasteiger charge is 2.17. The third kappa shape index (κ3) is 4.73. The van der Waals surface area contributed by atoms with E-state index < -0.39 is 15.9 Å². The largest absolute Gasteiger partial charge is 0.321 e. The molecule has 0 saturated carbocycles. The summed E-state index contributed by atoms with van der Waals surface area (Å²) in [5, 5.41) is 2.96. The number of amides is 1. The van der Waals surface area contributed by atoms with Gasteiger partial charge in [-0.15, -0.1) is 0 Å². The molecule has 0 radical (unpaired) electrons. The summed E-state index contributed by atoms with van der Waals surface area (Å²) in [6, 6.07) is 18.0. The number of hydrogen-bond donors (Lipinski definition) is 2. The summed E-state index contributed by atoms with van der Waals surface area (Å²) >= 11 is 9.51. The Labute approximate surface area is 176 Å². The number of anilines is 2. The van der Waals surface area contributed by atoms with Crippen LogP contribution in [0.5, 0.6) is 0 Å². The Bertz CT molecular complexity index is 1130. The molecular weight excluding hydrogens is 464 g/mol. The highest BCUT2D eigenvalue weighted by molar-refractivity contribution is 9.10. The molecule has 0 aliphatic rings. The summed E-state index contributed by atoms with van der Waals surface area (Å²) in [6.45, 7) is 1.87. The number of sulfonamides is 1. The van der Waals surface area contributed by atoms with E-state index in [1.807, 2.05) is 13.0 Å². The van der Waals surface area contributed by atoms with Gasteiger partial charge in [-0.25, -0.2) is 8.42 Å². The Balaban J connectivity index is 1.86. The number of nitrogens with one attached hydrogen (secondary N) is 2. The van der Waals surface area contributed by atoms with Crippen LogP contribution < -0.4 is 10.0 Å². The van der Waals surface area contributed by atoms with Gasteiger partial charge in [0.05, 0.1) is 21.2 Å². The number of rotatable bonds is 5. The number of para-hydroxylation sites is 1. The van der Waals surface area contributed by atoms with Crippen molar-refractivity contribution in [3.05, 3.63) is 87.4 Å². The molecular formula is C20H16BrClN2O3S. The van der Waals surface area contributed by atoms with Crippen molar-refractivity contribution in [1.82, 2.24) is 0 Å². The van der Waals surface area contributed by atoms with E-state index in [-0.39, 0.29) is 21.2 Å². The number of carbonyl (C=O) groups is 1. The van der Waals surface area contributed by atoms with Crippen molar-refractivity contribution in [2.75, 3.05) is 10.0 Å². The molecule has 2 N–H and O–H groups in total. The maximum atomic E-state index is 12.6. The van der Waals surface area contributed by atoms with E-state index in [0.29, 0.717) is 5.69 Å². The molecule has 0 unspecified atom stereocenters. The number of halogens is 2. The van der Waals surface area contributed by atoms with E-state index in [2.05, 4.69) is 26.0 Å². The lowest BCUT2D eigenvalue weighted by Gasteiger charge is -2.12. The van der Waals surface area contributed by atoms with Crippen LogP contribution in [-0.2, 0) is 10.0 Å². The van der Waals surface area contributed by atoms with Crippen LogP contribution in [0, 0.1) is 6.92 Å². The quantitative estimate of drug-likeness (QED) is 0.510. The monoisotopic (exact) mass is 478 g/mol. The van der Waals surface area contributed by atoms with Crippen LogP contribution in [0.25, 0.3) is 0 Å². The number of aryl methyl sites for hydroxylation is 1. The van der Waals surface area contributed by atoms with Crippen LogP contribution in [0.15, 0.2) is 76.1 Å². The molecule has 3 rings (SSSR count). The maximum Gasteiger partial charge on any atom is 0.261 e. The fourth-order valence-electron chi connectivity index (χ4n) is 2.45. The van der Waals surface area contributed by atoms with Crippen LogP contribution in [0.3, 0.4) is 0 Å². The molecule has 0 heterocycles. The van der Waals surface area contributed by atoms with Gasteiger partial charge in [0.15, 0.2) is 0 Å². The van der Waals surface area contributed by atoms with Gasteiger partial charge < -0.3 is 5.32 Å². The number of carbonyl (C=O) groups excluding carboxylic acids is 1. The van der Waals surface area contributed by atoms with Gasteiger partial charge in [-0.3, -0.25) is 9.52 Å². The minimum atomic E-state index is -3.78. The van der Waals surface area contributed by atoms with E-state index >= 15 is 0 Å². The second-order valence-electron chi connectivity index (χ2n) is 6.05. The zero-order chi connectivity index (χ0) is 20.3. The van der Waals surface area contributed by atoms with Gasteiger partial charge in [0.1, 0.15) is 0 Å². The van der Waals surface area contributed by atoms with Crippen LogP contribution in [-0.4, -0.2) is 14.3 Å². The highest BCUT2D eigenvalue weighted by Crippen LogP contribution is 2.26. The standard InChI is InChI=1S/C20H16BrClN2O3S/c1-13-6-9-15(10-7-13)28(26,27)24-14-8-11-18(22)16(12-14)20(25)23-19-5-3-2-4-17(19)21/h2-12,24H,1H3,(H,23,25). The van der Waals surface area contributed by atoms with Gasteiger partial charge in [0, 0.05) is 10.2 Å². The average Bonchev–Trinajstić information content (AvgIpc) is 2.65. The lowest BCUT2D eigenvalue weighted by Crippen LogP contribution is -2.16. The van der Waals surface area contributed by atoms with Crippen molar-refractivity contribution in [3.8, 4) is 0 Å². The summed E-state index contributed by atoms with van der Waals surface area (Å²) in [6.07, 6.45) is 0. The first-order valence-corrected chi connectivity index (χ1v) is 10.9.